The molecule has 1 unspecified atom stereocenters. The molecule has 106 valence electrons. The third kappa shape index (κ3) is 2.71. The van der Waals surface area contributed by atoms with Crippen LogP contribution in [0.2, 0.25) is 0 Å². The molecule has 2 fully saturated rings. The molecule has 0 amide bonds. The molecule has 0 spiro atoms. The van der Waals surface area contributed by atoms with E-state index in [2.05, 4.69) is 13.8 Å². The number of rotatable bonds is 2. The molecule has 6 heteroatoms. The second-order valence-electron chi connectivity index (χ2n) is 6.18. The maximum absolute atomic E-state index is 12.5. The van der Waals surface area contributed by atoms with E-state index in [0.29, 0.717) is 26.2 Å². The molecule has 2 aliphatic heterocycles. The monoisotopic (exact) mass is 275 g/mol. The SMILES string of the molecule is CC1(C)CN(S(=O)(=O)N2CCCCC2)CCC1N. The Kier molecular flexibility index (Phi) is 4.02. The van der Waals surface area contributed by atoms with Gasteiger partial charge in [0.05, 0.1) is 0 Å². The summed E-state index contributed by atoms with van der Waals surface area (Å²) in [6.45, 7) is 6.54. The molecular weight excluding hydrogens is 250 g/mol. The summed E-state index contributed by atoms with van der Waals surface area (Å²) in [5, 5.41) is 0. The van der Waals surface area contributed by atoms with Crippen molar-refractivity contribution in [1.82, 2.24) is 8.61 Å². The number of hydrogen-bond acceptors (Lipinski definition) is 3. The molecule has 0 aromatic rings. The van der Waals surface area contributed by atoms with Crippen molar-refractivity contribution < 1.29 is 8.42 Å². The molecule has 1 atom stereocenters. The molecule has 5 nitrogen and oxygen atoms in total. The second kappa shape index (κ2) is 5.07. The van der Waals surface area contributed by atoms with Gasteiger partial charge in [0.1, 0.15) is 0 Å². The highest BCUT2D eigenvalue weighted by Gasteiger charge is 2.40. The van der Waals surface area contributed by atoms with Crippen LogP contribution in [0.25, 0.3) is 0 Å². The van der Waals surface area contributed by atoms with E-state index in [9.17, 15) is 8.42 Å². The van der Waals surface area contributed by atoms with Gasteiger partial charge in [-0.05, 0) is 24.7 Å². The minimum Gasteiger partial charge on any atom is -0.327 e. The molecule has 2 aliphatic rings. The Morgan fingerprint density at radius 2 is 1.67 bits per heavy atom. The topological polar surface area (TPSA) is 66.6 Å². The fourth-order valence-electron chi connectivity index (χ4n) is 2.78. The minimum atomic E-state index is -3.27. The predicted molar refractivity (Wildman–Crippen MR) is 72.3 cm³/mol. The molecule has 0 aliphatic carbocycles. The first kappa shape index (κ1) is 14.2. The molecular formula is C12H25N3O2S. The normalized spacial score (nSPS) is 31.4. The highest BCUT2D eigenvalue weighted by molar-refractivity contribution is 7.86. The molecule has 0 bridgehead atoms. The Hall–Kier alpha value is -0.170. The summed E-state index contributed by atoms with van der Waals surface area (Å²) in [6.07, 6.45) is 3.86. The Bertz CT molecular complexity index is 388. The Morgan fingerprint density at radius 1 is 1.06 bits per heavy atom. The van der Waals surface area contributed by atoms with Crippen LogP contribution in [-0.4, -0.2) is 49.2 Å². The van der Waals surface area contributed by atoms with Gasteiger partial charge in [0.25, 0.3) is 10.2 Å². The van der Waals surface area contributed by atoms with Gasteiger partial charge in [-0.25, -0.2) is 0 Å². The lowest BCUT2D eigenvalue weighted by Gasteiger charge is -2.43. The van der Waals surface area contributed by atoms with Gasteiger partial charge < -0.3 is 5.73 Å². The van der Waals surface area contributed by atoms with Crippen LogP contribution in [0, 0.1) is 5.41 Å². The molecule has 18 heavy (non-hydrogen) atoms. The quantitative estimate of drug-likeness (QED) is 0.809. The van der Waals surface area contributed by atoms with E-state index in [1.165, 1.54) is 0 Å². The third-order valence-corrected chi connectivity index (χ3v) is 6.23. The van der Waals surface area contributed by atoms with Gasteiger partial charge in [-0.15, -0.1) is 0 Å². The summed E-state index contributed by atoms with van der Waals surface area (Å²) in [6, 6.07) is 0.0882. The van der Waals surface area contributed by atoms with Gasteiger partial charge in [0, 0.05) is 32.2 Å². The lowest BCUT2D eigenvalue weighted by Crippen LogP contribution is -2.57. The molecule has 2 saturated heterocycles. The van der Waals surface area contributed by atoms with E-state index < -0.39 is 10.2 Å². The van der Waals surface area contributed by atoms with Crippen molar-refractivity contribution >= 4 is 10.2 Å². The predicted octanol–water partition coefficient (Wildman–Crippen LogP) is 0.776. The van der Waals surface area contributed by atoms with Crippen LogP contribution in [0.5, 0.6) is 0 Å². The van der Waals surface area contributed by atoms with Crippen LogP contribution in [0.4, 0.5) is 0 Å². The maximum atomic E-state index is 12.5. The van der Waals surface area contributed by atoms with Crippen LogP contribution in [0.15, 0.2) is 0 Å². The molecule has 0 radical (unpaired) electrons. The minimum absolute atomic E-state index is 0.0882. The molecule has 0 aromatic carbocycles. The first-order valence-corrected chi connectivity index (χ1v) is 8.24. The molecule has 0 saturated carbocycles. The molecule has 2 heterocycles. The van der Waals surface area contributed by atoms with Crippen molar-refractivity contribution in [3.63, 3.8) is 0 Å². The Morgan fingerprint density at radius 3 is 2.22 bits per heavy atom. The first-order valence-electron chi connectivity index (χ1n) is 6.85. The van der Waals surface area contributed by atoms with Crippen LogP contribution in [0.1, 0.15) is 39.5 Å². The zero-order valence-corrected chi connectivity index (χ0v) is 12.2. The fourth-order valence-corrected chi connectivity index (χ4v) is 4.66. The van der Waals surface area contributed by atoms with Crippen LogP contribution in [0.3, 0.4) is 0 Å². The van der Waals surface area contributed by atoms with Crippen LogP contribution < -0.4 is 5.73 Å². The highest BCUT2D eigenvalue weighted by Crippen LogP contribution is 2.30. The summed E-state index contributed by atoms with van der Waals surface area (Å²) in [5.41, 5.74) is 5.92. The summed E-state index contributed by atoms with van der Waals surface area (Å²) in [7, 11) is -3.27. The smallest absolute Gasteiger partial charge is 0.281 e. The van der Waals surface area contributed by atoms with Crippen molar-refractivity contribution in [1.29, 1.82) is 0 Å². The van der Waals surface area contributed by atoms with Gasteiger partial charge in [0.2, 0.25) is 0 Å². The van der Waals surface area contributed by atoms with Crippen molar-refractivity contribution in [2.75, 3.05) is 26.2 Å². The second-order valence-corrected chi connectivity index (χ2v) is 8.11. The lowest BCUT2D eigenvalue weighted by atomic mass is 9.81. The number of nitrogens with zero attached hydrogens (tertiary/aromatic N) is 2. The fraction of sp³-hybridized carbons (Fsp3) is 1.00. The summed E-state index contributed by atoms with van der Waals surface area (Å²) in [5.74, 6) is 0. The molecule has 0 aromatic heterocycles. The summed E-state index contributed by atoms with van der Waals surface area (Å²) < 4.78 is 28.4. The zero-order valence-electron chi connectivity index (χ0n) is 11.4. The number of hydrogen-bond donors (Lipinski definition) is 1. The van der Waals surface area contributed by atoms with Crippen molar-refractivity contribution in [3.8, 4) is 0 Å². The maximum Gasteiger partial charge on any atom is 0.281 e. The summed E-state index contributed by atoms with van der Waals surface area (Å²) >= 11 is 0. The Labute approximate surface area is 110 Å². The van der Waals surface area contributed by atoms with E-state index in [4.69, 9.17) is 5.73 Å². The van der Waals surface area contributed by atoms with Crippen molar-refractivity contribution in [2.24, 2.45) is 11.1 Å². The highest BCUT2D eigenvalue weighted by atomic mass is 32.2. The third-order valence-electron chi connectivity index (χ3n) is 4.24. The Balaban J connectivity index is 2.10. The van der Waals surface area contributed by atoms with E-state index in [1.54, 1.807) is 8.61 Å². The lowest BCUT2D eigenvalue weighted by molar-refractivity contribution is 0.147. The van der Waals surface area contributed by atoms with Crippen molar-refractivity contribution in [3.05, 3.63) is 0 Å². The van der Waals surface area contributed by atoms with E-state index in [1.807, 2.05) is 0 Å². The standard InChI is InChI=1S/C12H25N3O2S/c1-12(2)10-15(9-6-11(12)13)18(16,17)14-7-4-3-5-8-14/h11H,3-10,13H2,1-2H3. The number of piperidine rings is 2. The van der Waals surface area contributed by atoms with Gasteiger partial charge in [-0.3, -0.25) is 0 Å². The van der Waals surface area contributed by atoms with Gasteiger partial charge in [-0.1, -0.05) is 20.3 Å². The van der Waals surface area contributed by atoms with E-state index in [-0.39, 0.29) is 11.5 Å². The average Bonchev–Trinajstić information content (AvgIpc) is 2.33. The average molecular weight is 275 g/mol. The number of nitrogens with two attached hydrogens (primary N) is 1. The zero-order chi connectivity index (χ0) is 13.4. The van der Waals surface area contributed by atoms with E-state index in [0.717, 1.165) is 25.7 Å². The molecule has 2 N–H and O–H groups in total. The largest absolute Gasteiger partial charge is 0.327 e. The first-order chi connectivity index (χ1) is 8.34. The van der Waals surface area contributed by atoms with Crippen LogP contribution >= 0.6 is 0 Å². The summed E-state index contributed by atoms with van der Waals surface area (Å²) in [4.78, 5) is 0. The van der Waals surface area contributed by atoms with Gasteiger partial charge >= 0.3 is 0 Å². The van der Waals surface area contributed by atoms with Crippen molar-refractivity contribution in [2.45, 2.75) is 45.6 Å². The molecule has 2 rings (SSSR count). The van der Waals surface area contributed by atoms with Gasteiger partial charge in [-0.2, -0.15) is 17.0 Å². The van der Waals surface area contributed by atoms with Crippen LogP contribution in [-0.2, 0) is 10.2 Å². The van der Waals surface area contributed by atoms with E-state index >= 15 is 0 Å². The van der Waals surface area contributed by atoms with Gasteiger partial charge in [0.15, 0.2) is 0 Å².